The minimum Gasteiger partial charge on any atom is -0.398 e. The minimum absolute atomic E-state index is 0.426. The van der Waals surface area contributed by atoms with Crippen molar-refractivity contribution in [3.05, 3.63) is 29.0 Å². The number of hydrogen-bond acceptors (Lipinski definition) is 5. The van der Waals surface area contributed by atoms with Crippen molar-refractivity contribution in [1.29, 1.82) is 0 Å². The van der Waals surface area contributed by atoms with Gasteiger partial charge in [-0.15, -0.1) is 0 Å². The minimum atomic E-state index is -0.445. The van der Waals surface area contributed by atoms with Crippen molar-refractivity contribution in [3.8, 4) is 11.5 Å². The fraction of sp³-hybridized carbons (Fsp3) is 0.385. The smallest absolute Gasteiger partial charge is 0.258 e. The Morgan fingerprint density at radius 1 is 1.42 bits per heavy atom. The molecule has 19 heavy (non-hydrogen) atoms. The van der Waals surface area contributed by atoms with Gasteiger partial charge in [-0.2, -0.15) is 4.98 Å². The lowest BCUT2D eigenvalue weighted by atomic mass is 10.0. The summed E-state index contributed by atoms with van der Waals surface area (Å²) in [6.45, 7) is 2.71. The van der Waals surface area contributed by atoms with E-state index >= 15 is 0 Å². The lowest BCUT2D eigenvalue weighted by Gasteiger charge is -2.17. The van der Waals surface area contributed by atoms with Crippen molar-refractivity contribution < 1.29 is 9.26 Å². The van der Waals surface area contributed by atoms with Crippen molar-refractivity contribution >= 4 is 17.3 Å². The maximum atomic E-state index is 5.89. The molecule has 2 N–H and O–H groups in total. The molecule has 0 bridgehead atoms. The molecule has 0 spiro atoms. The van der Waals surface area contributed by atoms with Crippen LogP contribution in [0.3, 0.4) is 0 Å². The number of aromatic nitrogens is 2. The summed E-state index contributed by atoms with van der Waals surface area (Å²) in [6, 6.07) is 5.23. The SMILES string of the molecule is CC1(c2noc(-c3ccc(Cl)c(N)c3)n2)CCCO1. The first-order valence-corrected chi connectivity index (χ1v) is 6.50. The molecular formula is C13H14ClN3O2. The van der Waals surface area contributed by atoms with E-state index in [0.717, 1.165) is 25.0 Å². The third kappa shape index (κ3) is 2.19. The highest BCUT2D eigenvalue weighted by Gasteiger charge is 2.36. The molecule has 1 saturated heterocycles. The van der Waals surface area contributed by atoms with Crippen molar-refractivity contribution in [1.82, 2.24) is 10.1 Å². The average molecular weight is 280 g/mol. The van der Waals surface area contributed by atoms with Gasteiger partial charge in [0.05, 0.1) is 10.7 Å². The monoisotopic (exact) mass is 279 g/mol. The number of anilines is 1. The van der Waals surface area contributed by atoms with Gasteiger partial charge in [0.2, 0.25) is 5.82 Å². The van der Waals surface area contributed by atoms with Crippen LogP contribution in [-0.4, -0.2) is 16.7 Å². The van der Waals surface area contributed by atoms with E-state index in [0.29, 0.717) is 22.4 Å². The zero-order valence-electron chi connectivity index (χ0n) is 10.5. The van der Waals surface area contributed by atoms with Crippen LogP contribution < -0.4 is 5.73 Å². The average Bonchev–Trinajstić information content (AvgIpc) is 3.02. The predicted octanol–water partition coefficient (Wildman–Crippen LogP) is 3.00. The van der Waals surface area contributed by atoms with Crippen LogP contribution in [-0.2, 0) is 10.3 Å². The maximum Gasteiger partial charge on any atom is 0.258 e. The Balaban J connectivity index is 1.94. The molecule has 1 aromatic carbocycles. The van der Waals surface area contributed by atoms with Gasteiger partial charge >= 0.3 is 0 Å². The highest BCUT2D eigenvalue weighted by atomic mass is 35.5. The van der Waals surface area contributed by atoms with Crippen molar-refractivity contribution in [2.45, 2.75) is 25.4 Å². The predicted molar refractivity (Wildman–Crippen MR) is 71.7 cm³/mol. The Bertz CT molecular complexity index is 606. The Kier molecular flexibility index (Phi) is 2.95. The van der Waals surface area contributed by atoms with E-state index in [9.17, 15) is 0 Å². The molecule has 0 amide bonds. The van der Waals surface area contributed by atoms with E-state index in [4.69, 9.17) is 26.6 Å². The number of halogens is 1. The first-order chi connectivity index (χ1) is 9.08. The first-order valence-electron chi connectivity index (χ1n) is 6.12. The molecule has 100 valence electrons. The molecule has 2 aromatic rings. The molecule has 1 aliphatic heterocycles. The van der Waals surface area contributed by atoms with E-state index in [1.54, 1.807) is 18.2 Å². The summed E-state index contributed by atoms with van der Waals surface area (Å²) in [5.41, 5.74) is 6.56. The zero-order chi connectivity index (χ0) is 13.5. The Labute approximate surface area is 115 Å². The molecule has 6 heteroatoms. The molecule has 1 aliphatic rings. The molecule has 3 rings (SSSR count). The van der Waals surface area contributed by atoms with Gasteiger partial charge in [-0.05, 0) is 38.0 Å². The summed E-state index contributed by atoms with van der Waals surface area (Å²) in [4.78, 5) is 4.40. The van der Waals surface area contributed by atoms with Gasteiger partial charge in [0, 0.05) is 12.2 Å². The normalized spacial score (nSPS) is 22.8. The highest BCUT2D eigenvalue weighted by Crippen LogP contribution is 2.35. The number of nitrogens with zero attached hydrogens (tertiary/aromatic N) is 2. The number of benzene rings is 1. The number of nitrogen functional groups attached to an aromatic ring is 1. The molecule has 1 unspecified atom stereocenters. The molecule has 5 nitrogen and oxygen atoms in total. The third-order valence-electron chi connectivity index (χ3n) is 3.36. The van der Waals surface area contributed by atoms with Gasteiger partial charge in [-0.25, -0.2) is 0 Å². The summed E-state index contributed by atoms with van der Waals surface area (Å²) in [5.74, 6) is 1.00. The summed E-state index contributed by atoms with van der Waals surface area (Å²) >= 11 is 5.89. The van der Waals surface area contributed by atoms with E-state index in [-0.39, 0.29) is 0 Å². The zero-order valence-corrected chi connectivity index (χ0v) is 11.3. The largest absolute Gasteiger partial charge is 0.398 e. The van der Waals surface area contributed by atoms with E-state index in [1.165, 1.54) is 0 Å². The Morgan fingerprint density at radius 2 is 2.26 bits per heavy atom. The fourth-order valence-electron chi connectivity index (χ4n) is 2.19. The topological polar surface area (TPSA) is 74.2 Å². The second-order valence-corrected chi connectivity index (χ2v) is 5.25. The molecule has 1 fully saturated rings. The number of hydrogen-bond donors (Lipinski definition) is 1. The highest BCUT2D eigenvalue weighted by molar-refractivity contribution is 6.33. The Hall–Kier alpha value is -1.59. The molecule has 0 aliphatic carbocycles. The number of nitrogens with two attached hydrogens (primary N) is 1. The fourth-order valence-corrected chi connectivity index (χ4v) is 2.31. The van der Waals surface area contributed by atoms with Crippen LogP contribution in [0.5, 0.6) is 0 Å². The third-order valence-corrected chi connectivity index (χ3v) is 3.70. The van der Waals surface area contributed by atoms with Crippen LogP contribution in [0.15, 0.2) is 22.7 Å². The van der Waals surface area contributed by atoms with Crippen LogP contribution in [0.25, 0.3) is 11.5 Å². The Morgan fingerprint density at radius 3 is 2.95 bits per heavy atom. The van der Waals surface area contributed by atoms with Crippen LogP contribution in [0.1, 0.15) is 25.6 Å². The second-order valence-electron chi connectivity index (χ2n) is 4.84. The van der Waals surface area contributed by atoms with Gasteiger partial charge in [-0.1, -0.05) is 16.8 Å². The maximum absolute atomic E-state index is 5.89. The summed E-state index contributed by atoms with van der Waals surface area (Å²) in [5, 5.41) is 4.52. The summed E-state index contributed by atoms with van der Waals surface area (Å²) < 4.78 is 11.0. The lowest BCUT2D eigenvalue weighted by Crippen LogP contribution is -2.21. The number of ether oxygens (including phenoxy) is 1. The van der Waals surface area contributed by atoms with E-state index in [1.807, 2.05) is 6.92 Å². The standard InChI is InChI=1S/C13H14ClN3O2/c1-13(5-2-6-18-13)12-16-11(19-17-12)8-3-4-9(14)10(15)7-8/h3-4,7H,2,5-6,15H2,1H3. The molecular weight excluding hydrogens is 266 g/mol. The first kappa shape index (κ1) is 12.4. The molecule has 1 aromatic heterocycles. The van der Waals surface area contributed by atoms with Crippen LogP contribution in [0.4, 0.5) is 5.69 Å². The van der Waals surface area contributed by atoms with Gasteiger partial charge < -0.3 is 15.0 Å². The summed E-state index contributed by atoms with van der Waals surface area (Å²) in [7, 11) is 0. The van der Waals surface area contributed by atoms with Gasteiger partial charge in [0.25, 0.3) is 5.89 Å². The lowest BCUT2D eigenvalue weighted by molar-refractivity contribution is 0.00768. The quantitative estimate of drug-likeness (QED) is 0.856. The molecule has 2 heterocycles. The van der Waals surface area contributed by atoms with Gasteiger partial charge in [-0.3, -0.25) is 0 Å². The van der Waals surface area contributed by atoms with Crippen molar-refractivity contribution in [2.75, 3.05) is 12.3 Å². The van der Waals surface area contributed by atoms with E-state index in [2.05, 4.69) is 10.1 Å². The molecule has 0 radical (unpaired) electrons. The van der Waals surface area contributed by atoms with Gasteiger partial charge in [0.1, 0.15) is 5.60 Å². The summed E-state index contributed by atoms with van der Waals surface area (Å²) in [6.07, 6.45) is 1.91. The van der Waals surface area contributed by atoms with Gasteiger partial charge in [0.15, 0.2) is 0 Å². The van der Waals surface area contributed by atoms with Crippen LogP contribution in [0, 0.1) is 0 Å². The van der Waals surface area contributed by atoms with Crippen LogP contribution >= 0.6 is 11.6 Å². The van der Waals surface area contributed by atoms with Crippen LogP contribution in [0.2, 0.25) is 5.02 Å². The second kappa shape index (κ2) is 4.51. The van der Waals surface area contributed by atoms with Crippen molar-refractivity contribution in [3.63, 3.8) is 0 Å². The molecule has 0 saturated carbocycles. The number of rotatable bonds is 2. The van der Waals surface area contributed by atoms with E-state index < -0.39 is 5.60 Å². The molecule has 1 atom stereocenters. The van der Waals surface area contributed by atoms with Crippen molar-refractivity contribution in [2.24, 2.45) is 0 Å².